The number of halogens is 1. The highest BCUT2D eigenvalue weighted by molar-refractivity contribution is 7.07. The van der Waals surface area contributed by atoms with Gasteiger partial charge in [0, 0.05) is 24.2 Å². The summed E-state index contributed by atoms with van der Waals surface area (Å²) in [5, 5.41) is 17.8. The molecule has 1 aromatic carbocycles. The van der Waals surface area contributed by atoms with Crippen molar-refractivity contribution in [3.63, 3.8) is 0 Å². The maximum atomic E-state index is 13.8. The highest BCUT2D eigenvalue weighted by Gasteiger charge is 2.17. The van der Waals surface area contributed by atoms with Crippen molar-refractivity contribution in [3.05, 3.63) is 62.1 Å². The van der Waals surface area contributed by atoms with Crippen LogP contribution in [0, 0.1) is 15.9 Å². The molecule has 0 spiro atoms. The van der Waals surface area contributed by atoms with Crippen molar-refractivity contribution in [1.82, 2.24) is 5.32 Å². The first kappa shape index (κ1) is 13.6. The van der Waals surface area contributed by atoms with Gasteiger partial charge >= 0.3 is 5.69 Å². The Bertz CT molecular complexity index is 572. The predicted octanol–water partition coefficient (Wildman–Crippen LogP) is 3.65. The average Bonchev–Trinajstić information content (AvgIpc) is 2.90. The summed E-state index contributed by atoms with van der Waals surface area (Å²) in [6, 6.07) is 6.28. The van der Waals surface area contributed by atoms with E-state index in [4.69, 9.17) is 0 Å². The van der Waals surface area contributed by atoms with Gasteiger partial charge in [0.2, 0.25) is 5.82 Å². The molecule has 0 aliphatic carbocycles. The summed E-state index contributed by atoms with van der Waals surface area (Å²) in [7, 11) is 0. The van der Waals surface area contributed by atoms with Gasteiger partial charge in [0.25, 0.3) is 0 Å². The van der Waals surface area contributed by atoms with Gasteiger partial charge in [-0.2, -0.15) is 15.7 Å². The minimum Gasteiger partial charge on any atom is -0.306 e. The summed E-state index contributed by atoms with van der Waals surface area (Å²) in [5.41, 5.74) is 0.939. The molecule has 2 aromatic rings. The number of nitro groups is 1. The van der Waals surface area contributed by atoms with E-state index in [-0.39, 0.29) is 12.6 Å². The van der Waals surface area contributed by atoms with E-state index >= 15 is 0 Å². The lowest BCUT2D eigenvalue weighted by atomic mass is 10.1. The third-order valence-electron chi connectivity index (χ3n) is 2.90. The Balaban J connectivity index is 2.08. The second-order valence-electron chi connectivity index (χ2n) is 4.17. The molecule has 19 heavy (non-hydrogen) atoms. The molecule has 0 aliphatic heterocycles. The normalized spacial score (nSPS) is 12.3. The van der Waals surface area contributed by atoms with Gasteiger partial charge in [-0.1, -0.05) is 12.1 Å². The molecule has 0 radical (unpaired) electrons. The number of hydrogen-bond acceptors (Lipinski definition) is 4. The quantitative estimate of drug-likeness (QED) is 0.672. The Hall–Kier alpha value is -1.79. The molecule has 0 amide bonds. The van der Waals surface area contributed by atoms with Crippen molar-refractivity contribution in [2.45, 2.75) is 19.5 Å². The number of nitrogens with one attached hydrogen (secondary N) is 1. The van der Waals surface area contributed by atoms with E-state index < -0.39 is 16.4 Å². The fraction of sp³-hybridized carbons (Fsp3) is 0.231. The summed E-state index contributed by atoms with van der Waals surface area (Å²) < 4.78 is 13.8. The van der Waals surface area contributed by atoms with Crippen LogP contribution < -0.4 is 5.32 Å². The van der Waals surface area contributed by atoms with Gasteiger partial charge < -0.3 is 5.32 Å². The van der Waals surface area contributed by atoms with Gasteiger partial charge in [-0.15, -0.1) is 0 Å². The molecular formula is C13H13FN2O2S. The largest absolute Gasteiger partial charge is 0.306 e. The van der Waals surface area contributed by atoms with Crippen molar-refractivity contribution in [1.29, 1.82) is 0 Å². The molecule has 2 rings (SSSR count). The van der Waals surface area contributed by atoms with Crippen molar-refractivity contribution in [2.75, 3.05) is 0 Å². The molecule has 1 heterocycles. The van der Waals surface area contributed by atoms with Crippen LogP contribution >= 0.6 is 11.3 Å². The Morgan fingerprint density at radius 2 is 2.26 bits per heavy atom. The van der Waals surface area contributed by atoms with E-state index in [0.29, 0.717) is 5.56 Å². The first-order valence-electron chi connectivity index (χ1n) is 5.77. The molecule has 1 unspecified atom stereocenters. The Morgan fingerprint density at radius 3 is 2.89 bits per heavy atom. The summed E-state index contributed by atoms with van der Waals surface area (Å²) in [5.74, 6) is -0.766. The van der Waals surface area contributed by atoms with Crippen molar-refractivity contribution >= 4 is 17.0 Å². The third kappa shape index (κ3) is 3.15. The number of nitro benzene ring substituents is 1. The molecule has 0 saturated heterocycles. The fourth-order valence-corrected chi connectivity index (χ4v) is 2.50. The first-order valence-corrected chi connectivity index (χ1v) is 6.71. The van der Waals surface area contributed by atoms with Gasteiger partial charge in [-0.05, 0) is 29.3 Å². The van der Waals surface area contributed by atoms with Crippen LogP contribution in [0.25, 0.3) is 0 Å². The van der Waals surface area contributed by atoms with E-state index in [1.807, 2.05) is 23.8 Å². The lowest BCUT2D eigenvalue weighted by molar-refractivity contribution is -0.387. The molecule has 0 saturated carbocycles. The molecule has 4 nitrogen and oxygen atoms in total. The second kappa shape index (κ2) is 5.90. The summed E-state index contributed by atoms with van der Waals surface area (Å²) >= 11 is 1.60. The number of thiophene rings is 1. The molecular weight excluding hydrogens is 267 g/mol. The molecule has 1 atom stereocenters. The Labute approximate surface area is 114 Å². The zero-order valence-electron chi connectivity index (χ0n) is 10.3. The van der Waals surface area contributed by atoms with Crippen LogP contribution in [0.15, 0.2) is 35.0 Å². The van der Waals surface area contributed by atoms with E-state index in [1.54, 1.807) is 17.4 Å². The highest BCUT2D eigenvalue weighted by atomic mass is 32.1. The molecule has 0 aliphatic rings. The maximum absolute atomic E-state index is 13.8. The van der Waals surface area contributed by atoms with Crippen LogP contribution in [0.2, 0.25) is 0 Å². The highest BCUT2D eigenvalue weighted by Crippen LogP contribution is 2.21. The van der Waals surface area contributed by atoms with E-state index in [9.17, 15) is 14.5 Å². The van der Waals surface area contributed by atoms with E-state index in [2.05, 4.69) is 5.32 Å². The van der Waals surface area contributed by atoms with Crippen LogP contribution in [0.5, 0.6) is 0 Å². The van der Waals surface area contributed by atoms with Gasteiger partial charge in [0.05, 0.1) is 4.92 Å². The fourth-order valence-electron chi connectivity index (χ4n) is 1.75. The van der Waals surface area contributed by atoms with Crippen LogP contribution in [-0.4, -0.2) is 4.92 Å². The first-order chi connectivity index (χ1) is 9.09. The minimum atomic E-state index is -0.766. The summed E-state index contributed by atoms with van der Waals surface area (Å²) in [4.78, 5) is 9.94. The van der Waals surface area contributed by atoms with Gasteiger partial charge in [0.15, 0.2) is 0 Å². The SMILES string of the molecule is CC(NCc1cccc([N+](=O)[O-])c1F)c1ccsc1. The summed E-state index contributed by atoms with van der Waals surface area (Å²) in [6.45, 7) is 2.22. The van der Waals surface area contributed by atoms with Gasteiger partial charge in [-0.3, -0.25) is 10.1 Å². The average molecular weight is 280 g/mol. The van der Waals surface area contributed by atoms with Crippen LogP contribution in [-0.2, 0) is 6.54 Å². The number of nitrogens with zero attached hydrogens (tertiary/aromatic N) is 1. The van der Waals surface area contributed by atoms with Crippen molar-refractivity contribution in [2.24, 2.45) is 0 Å². The van der Waals surface area contributed by atoms with Crippen LogP contribution in [0.4, 0.5) is 10.1 Å². The van der Waals surface area contributed by atoms with E-state index in [1.165, 1.54) is 12.1 Å². The monoisotopic (exact) mass is 280 g/mol. The zero-order valence-corrected chi connectivity index (χ0v) is 11.1. The smallest absolute Gasteiger partial charge is 0.305 e. The molecule has 100 valence electrons. The lowest BCUT2D eigenvalue weighted by Gasteiger charge is -2.12. The predicted molar refractivity (Wildman–Crippen MR) is 72.6 cm³/mol. The van der Waals surface area contributed by atoms with E-state index in [0.717, 1.165) is 5.56 Å². The van der Waals surface area contributed by atoms with Crippen molar-refractivity contribution < 1.29 is 9.31 Å². The molecule has 6 heteroatoms. The summed E-state index contributed by atoms with van der Waals surface area (Å²) in [6.07, 6.45) is 0. The number of hydrogen-bond donors (Lipinski definition) is 1. The van der Waals surface area contributed by atoms with Crippen LogP contribution in [0.1, 0.15) is 24.1 Å². The second-order valence-corrected chi connectivity index (χ2v) is 4.95. The number of benzene rings is 1. The molecule has 1 aromatic heterocycles. The van der Waals surface area contributed by atoms with Gasteiger partial charge in [0.1, 0.15) is 0 Å². The topological polar surface area (TPSA) is 55.2 Å². The third-order valence-corrected chi connectivity index (χ3v) is 3.60. The zero-order chi connectivity index (χ0) is 13.8. The lowest BCUT2D eigenvalue weighted by Crippen LogP contribution is -2.18. The van der Waals surface area contributed by atoms with Crippen molar-refractivity contribution in [3.8, 4) is 0 Å². The Kier molecular flexibility index (Phi) is 4.24. The Morgan fingerprint density at radius 1 is 1.47 bits per heavy atom. The van der Waals surface area contributed by atoms with Crippen LogP contribution in [0.3, 0.4) is 0 Å². The number of rotatable bonds is 5. The molecule has 1 N–H and O–H groups in total. The van der Waals surface area contributed by atoms with Gasteiger partial charge in [-0.25, -0.2) is 0 Å². The molecule has 0 fully saturated rings. The molecule has 0 bridgehead atoms. The standard InChI is InChI=1S/C13H13FN2O2S/c1-9(11-5-6-19-8-11)15-7-10-3-2-4-12(13(10)14)16(17)18/h2-6,8-9,15H,7H2,1H3. The maximum Gasteiger partial charge on any atom is 0.305 e. The minimum absolute atomic E-state index is 0.0740.